The number of rotatable bonds is 14. The van der Waals surface area contributed by atoms with Crippen LogP contribution in [-0.2, 0) is 23.5 Å². The Kier molecular flexibility index (Phi) is 13.3. The van der Waals surface area contributed by atoms with Gasteiger partial charge < -0.3 is 33.9 Å². The maximum atomic E-state index is 14.1. The van der Waals surface area contributed by atoms with Gasteiger partial charge in [-0.3, -0.25) is 14.4 Å². The van der Waals surface area contributed by atoms with Gasteiger partial charge in [0, 0.05) is 63.9 Å². The number of hydrogen-bond acceptors (Lipinski definition) is 10. The van der Waals surface area contributed by atoms with Crippen LogP contribution in [0.5, 0.6) is 0 Å². The van der Waals surface area contributed by atoms with Crippen molar-refractivity contribution in [3.63, 3.8) is 0 Å². The molecule has 2 saturated heterocycles. The van der Waals surface area contributed by atoms with Crippen LogP contribution in [0.1, 0.15) is 84.6 Å². The molecule has 302 valence electrons. The summed E-state index contributed by atoms with van der Waals surface area (Å²) in [4.78, 5) is 68.5. The fourth-order valence-electron chi connectivity index (χ4n) is 6.90. The number of amides is 3. The Bertz CT molecular complexity index is 1660. The lowest BCUT2D eigenvalue weighted by Gasteiger charge is -2.36. The van der Waals surface area contributed by atoms with Gasteiger partial charge in [-0.15, -0.1) is 0 Å². The van der Waals surface area contributed by atoms with E-state index in [0.717, 1.165) is 38.1 Å². The average molecular weight is 779 g/mol. The lowest BCUT2D eigenvalue weighted by atomic mass is 10.1. The second-order valence-corrected chi connectivity index (χ2v) is 22.5. The van der Waals surface area contributed by atoms with E-state index in [4.69, 9.17) is 18.9 Å². The van der Waals surface area contributed by atoms with Crippen molar-refractivity contribution in [2.45, 2.75) is 104 Å². The summed E-state index contributed by atoms with van der Waals surface area (Å²) in [5.74, 6) is 1.28. The summed E-state index contributed by atoms with van der Waals surface area (Å²) >= 11 is 0. The second kappa shape index (κ2) is 17.4. The maximum Gasteiger partial charge on any atom is 0.409 e. The molecule has 2 aromatic rings. The van der Waals surface area contributed by atoms with Crippen molar-refractivity contribution < 1.29 is 33.1 Å². The Morgan fingerprint density at radius 2 is 1.56 bits per heavy atom. The number of anilines is 1. The van der Waals surface area contributed by atoms with Gasteiger partial charge in [0.25, 0.3) is 5.91 Å². The van der Waals surface area contributed by atoms with E-state index in [1.807, 2.05) is 37.3 Å². The summed E-state index contributed by atoms with van der Waals surface area (Å²) in [7, 11) is -1.84. The molecule has 14 heteroatoms. The van der Waals surface area contributed by atoms with Crippen LogP contribution in [0, 0.1) is 17.8 Å². The van der Waals surface area contributed by atoms with Crippen molar-refractivity contribution in [1.29, 1.82) is 0 Å². The zero-order valence-electron chi connectivity index (χ0n) is 34.4. The molecule has 13 nitrogen and oxygen atoms in total. The Balaban J connectivity index is 1.31. The van der Waals surface area contributed by atoms with E-state index in [0.29, 0.717) is 49.1 Å². The number of ether oxygens (including phenoxy) is 2. The van der Waals surface area contributed by atoms with E-state index in [-0.39, 0.29) is 42.6 Å². The van der Waals surface area contributed by atoms with Crippen LogP contribution in [0.25, 0.3) is 11.4 Å². The highest BCUT2D eigenvalue weighted by molar-refractivity contribution is 6.74. The van der Waals surface area contributed by atoms with E-state index in [1.54, 1.807) is 36.6 Å². The van der Waals surface area contributed by atoms with E-state index >= 15 is 0 Å². The third-order valence-electron chi connectivity index (χ3n) is 11.3. The van der Waals surface area contributed by atoms with Gasteiger partial charge in [-0.1, -0.05) is 64.4 Å². The molecule has 3 fully saturated rings. The Hall–Kier alpha value is -4.04. The number of fused-ring (bicyclic) bond motifs is 1. The van der Waals surface area contributed by atoms with Crippen molar-refractivity contribution in [2.24, 2.45) is 17.8 Å². The third kappa shape index (κ3) is 11.1. The van der Waals surface area contributed by atoms with Crippen LogP contribution in [0.3, 0.4) is 0 Å². The molecule has 55 heavy (non-hydrogen) atoms. The zero-order valence-corrected chi connectivity index (χ0v) is 35.4. The van der Waals surface area contributed by atoms with Gasteiger partial charge in [0.1, 0.15) is 23.2 Å². The zero-order chi connectivity index (χ0) is 40.1. The molecule has 1 saturated carbocycles. The fraction of sp³-hybridized carbons (Fsp3) is 0.659. The second-order valence-electron chi connectivity index (χ2n) is 17.7. The quantitative estimate of drug-likeness (QED) is 0.135. The van der Waals surface area contributed by atoms with E-state index < -0.39 is 37.9 Å². The molecule has 1 N–H and O–H groups in total. The first-order valence-electron chi connectivity index (χ1n) is 19.9. The highest BCUT2D eigenvalue weighted by Crippen LogP contribution is 2.53. The predicted octanol–water partition coefficient (Wildman–Crippen LogP) is 6.15. The van der Waals surface area contributed by atoms with E-state index in [1.165, 1.54) is 0 Å². The molecular weight excluding hydrogens is 717 g/mol. The van der Waals surface area contributed by atoms with Gasteiger partial charge in [0.05, 0.1) is 6.61 Å². The number of hydrogen-bond donors (Lipinski definition) is 1. The highest BCUT2D eigenvalue weighted by Gasteiger charge is 2.56. The summed E-state index contributed by atoms with van der Waals surface area (Å²) in [6.45, 7) is 22.7. The molecule has 1 aromatic carbocycles. The smallest absolute Gasteiger partial charge is 0.409 e. The lowest BCUT2D eigenvalue weighted by molar-refractivity contribution is -0.155. The van der Waals surface area contributed by atoms with Gasteiger partial charge in [-0.2, -0.15) is 0 Å². The summed E-state index contributed by atoms with van der Waals surface area (Å²) in [6.07, 6.45) is 1.28. The van der Waals surface area contributed by atoms with Crippen LogP contribution >= 0.6 is 0 Å². The summed E-state index contributed by atoms with van der Waals surface area (Å²) in [6, 6.07) is 10.2. The topological polar surface area (TPSA) is 144 Å². The number of piperazine rings is 1. The van der Waals surface area contributed by atoms with E-state index in [2.05, 4.69) is 49.1 Å². The first-order chi connectivity index (χ1) is 25.9. The molecule has 3 aliphatic rings. The molecular formula is C41H62N6O7Si. The molecule has 2 aliphatic heterocycles. The van der Waals surface area contributed by atoms with Crippen molar-refractivity contribution in [3.05, 3.63) is 42.1 Å². The molecule has 3 amide bonds. The Morgan fingerprint density at radius 3 is 2.16 bits per heavy atom. The molecule has 0 radical (unpaired) electrons. The van der Waals surface area contributed by atoms with E-state index in [9.17, 15) is 19.2 Å². The Labute approximate surface area is 328 Å². The predicted molar refractivity (Wildman–Crippen MR) is 214 cm³/mol. The first kappa shape index (κ1) is 42.1. The number of nitrogens with one attached hydrogen (secondary N) is 1. The third-order valence-corrected chi connectivity index (χ3v) is 15.8. The van der Waals surface area contributed by atoms with Crippen molar-refractivity contribution in [3.8, 4) is 11.4 Å². The summed E-state index contributed by atoms with van der Waals surface area (Å²) < 4.78 is 17.5. The summed E-state index contributed by atoms with van der Waals surface area (Å²) in [5.41, 5.74) is 0.213. The van der Waals surface area contributed by atoms with Crippen LogP contribution in [0.15, 0.2) is 36.4 Å². The molecule has 1 aliphatic carbocycles. The Morgan fingerprint density at radius 1 is 0.927 bits per heavy atom. The number of esters is 1. The number of aromatic nitrogens is 2. The molecule has 1 aromatic heterocycles. The molecule has 5 rings (SSSR count). The maximum absolute atomic E-state index is 14.1. The largest absolute Gasteiger partial charge is 0.460 e. The van der Waals surface area contributed by atoms with Gasteiger partial charge in [0.2, 0.25) is 5.91 Å². The number of carbonyl (C=O) groups excluding carboxylic acids is 4. The van der Waals surface area contributed by atoms with Crippen LogP contribution in [0.2, 0.25) is 18.1 Å². The van der Waals surface area contributed by atoms with Crippen molar-refractivity contribution in [1.82, 2.24) is 25.1 Å². The van der Waals surface area contributed by atoms with Gasteiger partial charge in [0.15, 0.2) is 14.1 Å². The molecule has 3 heterocycles. The lowest BCUT2D eigenvalue weighted by Crippen LogP contribution is -2.56. The number of nitrogens with zero attached hydrogens (tertiary/aromatic N) is 5. The minimum atomic E-state index is -1.84. The normalized spacial score (nSPS) is 20.5. The standard InChI is InChI=1S/C41H62N6O7Si/c1-10-11-23-52-39(51)46-21-19-45(20-22-46)38(50)32(17-18-35(48)54-40(2,3)4)43-37(49)33-24-34(44-36(42-33)28-15-13-12-14-16-28)47-25-29-30(26-47)31(29)27-53-55(8,9)41(5,6)7/h12-16,24,29-32H,10-11,17-23,25-27H2,1-9H3,(H,43,49)/t29-,30+,31?,32-/m0/s1. The van der Waals surface area contributed by atoms with Gasteiger partial charge >= 0.3 is 12.1 Å². The van der Waals surface area contributed by atoms with Crippen LogP contribution < -0.4 is 10.2 Å². The molecule has 1 unspecified atom stereocenters. The minimum absolute atomic E-state index is 0.0378. The number of piperidine rings is 1. The first-order valence-corrected chi connectivity index (χ1v) is 22.8. The number of unbranched alkanes of at least 4 members (excludes halogenated alkanes) is 1. The molecule has 0 bridgehead atoms. The van der Waals surface area contributed by atoms with Crippen molar-refractivity contribution in [2.75, 3.05) is 57.4 Å². The fourth-order valence-corrected chi connectivity index (χ4v) is 7.95. The molecule has 0 spiro atoms. The SMILES string of the molecule is CCCCOC(=O)N1CCN(C(=O)[C@H](CCC(=O)OC(C)(C)C)NC(=O)c2cc(N3C[C@@H]4C(CO[Si](C)(C)C(C)(C)C)[C@@H]4C3)nc(-c3ccccc3)n2)CC1. The molecule has 4 atom stereocenters. The van der Waals surface area contributed by atoms with Gasteiger partial charge in [-0.05, 0) is 69.5 Å². The number of benzene rings is 1. The number of carbonyl (C=O) groups is 4. The minimum Gasteiger partial charge on any atom is -0.460 e. The monoisotopic (exact) mass is 778 g/mol. The summed E-state index contributed by atoms with van der Waals surface area (Å²) in [5, 5.41) is 3.08. The highest BCUT2D eigenvalue weighted by atomic mass is 28.4. The van der Waals surface area contributed by atoms with Crippen LogP contribution in [-0.4, -0.2) is 116 Å². The van der Waals surface area contributed by atoms with Gasteiger partial charge in [-0.25, -0.2) is 14.8 Å². The van der Waals surface area contributed by atoms with Crippen LogP contribution in [0.4, 0.5) is 10.6 Å². The van der Waals surface area contributed by atoms with Crippen molar-refractivity contribution >= 4 is 38.0 Å². The average Bonchev–Trinajstić information content (AvgIpc) is 3.58.